The Morgan fingerprint density at radius 2 is 2.08 bits per heavy atom. The topological polar surface area (TPSA) is 66.3 Å². The highest BCUT2D eigenvalue weighted by molar-refractivity contribution is 5.78. The van der Waals surface area contributed by atoms with Gasteiger partial charge >= 0.3 is 0 Å². The van der Waals surface area contributed by atoms with E-state index < -0.39 is 0 Å². The highest BCUT2D eigenvalue weighted by Gasteiger charge is 2.26. The largest absolute Gasteiger partial charge is 0.341 e. The molecule has 1 N–H and O–H groups in total. The van der Waals surface area contributed by atoms with Crippen LogP contribution in [0.15, 0.2) is 6.20 Å². The van der Waals surface area contributed by atoms with E-state index in [-0.39, 0.29) is 0 Å². The smallest absolute Gasteiger partial charge is 0.236 e. The molecule has 0 radical (unpaired) electrons. The molecule has 7 heteroatoms. The molecule has 140 valence electrons. The molecule has 3 rings (SSSR count). The van der Waals surface area contributed by atoms with Gasteiger partial charge in [0.2, 0.25) is 5.91 Å². The lowest BCUT2D eigenvalue weighted by Gasteiger charge is -2.35. The van der Waals surface area contributed by atoms with Gasteiger partial charge in [-0.1, -0.05) is 12.1 Å². The molecule has 0 spiro atoms. The third-order valence-electron chi connectivity index (χ3n) is 5.50. The standard InChI is InChI=1S/C18H32N6O/c1-15-5-8-22(9-6-15)14-18(25)23-7-3-4-16(11-23)12-24-13-17(10-19-2)20-21-24/h13,15-16,19H,3-12,14H2,1-2H3/t16-/m1/s1. The van der Waals surface area contributed by atoms with Crippen LogP contribution < -0.4 is 5.32 Å². The van der Waals surface area contributed by atoms with Gasteiger partial charge < -0.3 is 10.2 Å². The van der Waals surface area contributed by atoms with Crippen molar-refractivity contribution >= 4 is 5.91 Å². The number of aromatic nitrogens is 3. The number of nitrogens with zero attached hydrogens (tertiary/aromatic N) is 5. The monoisotopic (exact) mass is 348 g/mol. The summed E-state index contributed by atoms with van der Waals surface area (Å²) in [5, 5.41) is 11.5. The first-order valence-electron chi connectivity index (χ1n) is 9.67. The minimum Gasteiger partial charge on any atom is -0.341 e. The Morgan fingerprint density at radius 1 is 1.28 bits per heavy atom. The van der Waals surface area contributed by atoms with Crippen molar-refractivity contribution in [1.29, 1.82) is 0 Å². The van der Waals surface area contributed by atoms with E-state index in [1.165, 1.54) is 12.8 Å². The van der Waals surface area contributed by atoms with Crippen molar-refractivity contribution in [2.75, 3.05) is 39.8 Å². The summed E-state index contributed by atoms with van der Waals surface area (Å²) in [5.41, 5.74) is 0.963. The maximum atomic E-state index is 12.7. The number of nitrogens with one attached hydrogen (secondary N) is 1. The van der Waals surface area contributed by atoms with Crippen LogP contribution in [-0.4, -0.2) is 70.5 Å². The van der Waals surface area contributed by atoms with Crippen LogP contribution in [0.2, 0.25) is 0 Å². The molecule has 7 nitrogen and oxygen atoms in total. The van der Waals surface area contributed by atoms with E-state index in [0.717, 1.165) is 63.7 Å². The Balaban J connectivity index is 1.47. The molecule has 2 aliphatic rings. The summed E-state index contributed by atoms with van der Waals surface area (Å²) in [7, 11) is 1.91. The SMILES string of the molecule is CNCc1cn(C[C@@H]2CCCN(C(=O)CN3CCC(C)CC3)C2)nn1. The van der Waals surface area contributed by atoms with E-state index in [1.807, 2.05) is 17.9 Å². The van der Waals surface area contributed by atoms with Crippen LogP contribution in [0.1, 0.15) is 38.3 Å². The summed E-state index contributed by atoms with van der Waals surface area (Å²) in [4.78, 5) is 17.1. The van der Waals surface area contributed by atoms with Gasteiger partial charge in [-0.15, -0.1) is 5.10 Å². The van der Waals surface area contributed by atoms with Gasteiger partial charge in [-0.2, -0.15) is 0 Å². The number of piperidine rings is 2. The maximum Gasteiger partial charge on any atom is 0.236 e. The normalized spacial score (nSPS) is 23.1. The third kappa shape index (κ3) is 5.25. The lowest BCUT2D eigenvalue weighted by atomic mass is 9.97. The number of amides is 1. The second-order valence-electron chi connectivity index (χ2n) is 7.77. The van der Waals surface area contributed by atoms with E-state index in [4.69, 9.17) is 0 Å². The summed E-state index contributed by atoms with van der Waals surface area (Å²) in [6.45, 7) is 8.38. The molecule has 2 fully saturated rings. The van der Waals surface area contributed by atoms with Crippen molar-refractivity contribution in [3.05, 3.63) is 11.9 Å². The van der Waals surface area contributed by atoms with E-state index in [2.05, 4.69) is 32.4 Å². The number of hydrogen-bond acceptors (Lipinski definition) is 5. The Morgan fingerprint density at radius 3 is 2.84 bits per heavy atom. The van der Waals surface area contributed by atoms with Gasteiger partial charge in [-0.3, -0.25) is 14.4 Å². The molecule has 2 saturated heterocycles. The second kappa shape index (κ2) is 8.76. The molecule has 0 bridgehead atoms. The first-order valence-corrected chi connectivity index (χ1v) is 9.67. The van der Waals surface area contributed by atoms with E-state index in [0.29, 0.717) is 18.4 Å². The number of hydrogen-bond donors (Lipinski definition) is 1. The van der Waals surface area contributed by atoms with Crippen LogP contribution in [0.4, 0.5) is 0 Å². The molecular formula is C18H32N6O. The minimum absolute atomic E-state index is 0.300. The molecular weight excluding hydrogens is 316 g/mol. The molecule has 2 aliphatic heterocycles. The predicted octanol–water partition coefficient (Wildman–Crippen LogP) is 0.968. The zero-order chi connectivity index (χ0) is 17.6. The fourth-order valence-corrected chi connectivity index (χ4v) is 3.91. The Bertz CT molecular complexity index is 552. The van der Waals surface area contributed by atoms with Crippen LogP contribution in [0.5, 0.6) is 0 Å². The lowest BCUT2D eigenvalue weighted by molar-refractivity contribution is -0.134. The molecule has 0 aliphatic carbocycles. The van der Waals surface area contributed by atoms with Crippen molar-refractivity contribution in [1.82, 2.24) is 30.1 Å². The first kappa shape index (κ1) is 18.3. The second-order valence-corrected chi connectivity index (χ2v) is 7.77. The van der Waals surface area contributed by atoms with Crippen molar-refractivity contribution in [3.63, 3.8) is 0 Å². The molecule has 1 aromatic heterocycles. The van der Waals surface area contributed by atoms with Crippen molar-refractivity contribution in [2.24, 2.45) is 11.8 Å². The van der Waals surface area contributed by atoms with Gasteiger partial charge in [0.05, 0.1) is 12.2 Å². The van der Waals surface area contributed by atoms with E-state index in [9.17, 15) is 4.79 Å². The van der Waals surface area contributed by atoms with Crippen LogP contribution in [0, 0.1) is 11.8 Å². The van der Waals surface area contributed by atoms with Crippen LogP contribution in [0.3, 0.4) is 0 Å². The summed E-state index contributed by atoms with van der Waals surface area (Å²) in [6.07, 6.45) is 6.69. The summed E-state index contributed by atoms with van der Waals surface area (Å²) in [5.74, 6) is 1.58. The van der Waals surface area contributed by atoms with Gasteiger partial charge in [-0.25, -0.2) is 0 Å². The fraction of sp³-hybridized carbons (Fsp3) is 0.833. The van der Waals surface area contributed by atoms with Crippen LogP contribution >= 0.6 is 0 Å². The van der Waals surface area contributed by atoms with E-state index >= 15 is 0 Å². The zero-order valence-corrected chi connectivity index (χ0v) is 15.7. The quantitative estimate of drug-likeness (QED) is 0.830. The Labute approximate surface area is 150 Å². The molecule has 1 aromatic rings. The van der Waals surface area contributed by atoms with E-state index in [1.54, 1.807) is 0 Å². The predicted molar refractivity (Wildman–Crippen MR) is 96.9 cm³/mol. The van der Waals surface area contributed by atoms with Gasteiger partial charge in [0.15, 0.2) is 0 Å². The van der Waals surface area contributed by atoms with Gasteiger partial charge in [0, 0.05) is 32.4 Å². The molecule has 0 aromatic carbocycles. The number of likely N-dealkylation sites (tertiary alicyclic amines) is 2. The molecule has 1 atom stereocenters. The van der Waals surface area contributed by atoms with Crippen LogP contribution in [0.25, 0.3) is 0 Å². The lowest BCUT2D eigenvalue weighted by Crippen LogP contribution is -2.47. The van der Waals surface area contributed by atoms with Crippen molar-refractivity contribution in [3.8, 4) is 0 Å². The highest BCUT2D eigenvalue weighted by atomic mass is 16.2. The minimum atomic E-state index is 0.300. The number of carbonyl (C=O) groups excluding carboxylic acids is 1. The highest BCUT2D eigenvalue weighted by Crippen LogP contribution is 2.20. The number of rotatable bonds is 6. The molecule has 25 heavy (non-hydrogen) atoms. The summed E-state index contributed by atoms with van der Waals surface area (Å²) < 4.78 is 1.93. The fourth-order valence-electron chi connectivity index (χ4n) is 3.91. The third-order valence-corrected chi connectivity index (χ3v) is 5.50. The van der Waals surface area contributed by atoms with Gasteiger partial charge in [0.1, 0.15) is 0 Å². The van der Waals surface area contributed by atoms with Crippen molar-refractivity contribution < 1.29 is 4.79 Å². The molecule has 3 heterocycles. The molecule has 0 unspecified atom stereocenters. The Kier molecular flexibility index (Phi) is 6.42. The van der Waals surface area contributed by atoms with Gasteiger partial charge in [0.25, 0.3) is 0 Å². The number of carbonyl (C=O) groups is 1. The Hall–Kier alpha value is -1.47. The van der Waals surface area contributed by atoms with Crippen LogP contribution in [-0.2, 0) is 17.9 Å². The molecule has 1 amide bonds. The molecule has 0 saturated carbocycles. The summed E-state index contributed by atoms with van der Waals surface area (Å²) >= 11 is 0. The summed E-state index contributed by atoms with van der Waals surface area (Å²) in [6, 6.07) is 0. The zero-order valence-electron chi connectivity index (χ0n) is 15.7. The maximum absolute atomic E-state index is 12.7. The average molecular weight is 348 g/mol. The average Bonchev–Trinajstić information content (AvgIpc) is 3.04. The van der Waals surface area contributed by atoms with Gasteiger partial charge in [-0.05, 0) is 57.7 Å². The first-order chi connectivity index (χ1) is 12.1. The van der Waals surface area contributed by atoms with Crippen molar-refractivity contribution in [2.45, 2.75) is 45.7 Å².